The molecule has 2 aromatic rings. The summed E-state index contributed by atoms with van der Waals surface area (Å²) in [6, 6.07) is 3.53. The van der Waals surface area contributed by atoms with E-state index in [2.05, 4.69) is 56.1 Å². The molecule has 0 bridgehead atoms. The minimum absolute atomic E-state index is 0.0169. The lowest BCUT2D eigenvalue weighted by Crippen LogP contribution is -2.43. The van der Waals surface area contributed by atoms with Gasteiger partial charge < -0.3 is 44.5 Å². The fourth-order valence-electron chi connectivity index (χ4n) is 4.03. The monoisotopic (exact) mass is 839 g/mol. The molecule has 0 saturated carbocycles. The van der Waals surface area contributed by atoms with Crippen LogP contribution >= 0.6 is 38.6 Å². The van der Waals surface area contributed by atoms with Crippen molar-refractivity contribution in [2.45, 2.75) is 38.9 Å². The molecular formula is C36H48BrN4O10S2+. The number of anilines is 1. The third-order valence-corrected chi connectivity index (χ3v) is 10.4. The van der Waals surface area contributed by atoms with Crippen molar-refractivity contribution in [2.75, 3.05) is 92.3 Å². The van der Waals surface area contributed by atoms with E-state index in [0.29, 0.717) is 77.4 Å². The Hall–Kier alpha value is -3.65. The van der Waals surface area contributed by atoms with E-state index in [4.69, 9.17) is 29.4 Å². The standard InChI is InChI=1S/C18H24N2O5S.C12H12BrO3S.C6H12N2O2/c1-18(2,24-4)6-5-13-11-14(16(26-13)17(22)23-3)19-12-15(21)20-7-9-25-10-8-20;1-12(2,16-4)6-5-8-7-9(13)10(17-8)11(14)15-3;7-5-6(9)8-1-3-10-4-2-8/h11,19H,7-10,12H2,1-4H3;7H,3H2,1-2,4H3;1-5,7H2/q;+1;. The fraction of sp³-hybridized carbons (Fsp3) is 0.528. The smallest absolute Gasteiger partial charge is 0.465 e. The molecule has 0 atom stereocenters. The minimum Gasteiger partial charge on any atom is -0.465 e. The second-order valence-corrected chi connectivity index (χ2v) is 15.0. The predicted molar refractivity (Wildman–Crippen MR) is 207 cm³/mol. The SMILES string of the molecule is C=[O+]C(=O)c1sc(C#CC(C)(C)OC)cc1Br.COC(=O)c1sc(C#CC(C)(C)OC)cc1NCC(=O)N1CCOCC1.NCC(=O)N1CCOCC1. The van der Waals surface area contributed by atoms with Crippen molar-refractivity contribution in [1.82, 2.24) is 9.80 Å². The van der Waals surface area contributed by atoms with Gasteiger partial charge in [0.2, 0.25) is 11.8 Å². The molecule has 0 aliphatic carbocycles. The Balaban J connectivity index is 0.000000307. The van der Waals surface area contributed by atoms with Crippen LogP contribution in [0.2, 0.25) is 0 Å². The minimum atomic E-state index is -0.588. The number of rotatable bonds is 8. The molecule has 2 aromatic heterocycles. The number of amides is 2. The highest BCUT2D eigenvalue weighted by Gasteiger charge is 2.24. The number of methoxy groups -OCH3 is 3. The van der Waals surface area contributed by atoms with Gasteiger partial charge in [-0.25, -0.2) is 4.79 Å². The van der Waals surface area contributed by atoms with E-state index >= 15 is 0 Å². The van der Waals surface area contributed by atoms with Gasteiger partial charge in [0.15, 0.2) is 11.7 Å². The molecule has 0 spiro atoms. The van der Waals surface area contributed by atoms with Gasteiger partial charge in [-0.1, -0.05) is 23.7 Å². The molecule has 0 radical (unpaired) electrons. The van der Waals surface area contributed by atoms with Gasteiger partial charge in [0.25, 0.3) is 0 Å². The van der Waals surface area contributed by atoms with E-state index in [0.717, 1.165) is 4.88 Å². The number of halogens is 1. The first-order chi connectivity index (χ1) is 25.1. The van der Waals surface area contributed by atoms with E-state index in [-0.39, 0.29) is 24.9 Å². The molecule has 4 heterocycles. The van der Waals surface area contributed by atoms with Crippen molar-refractivity contribution in [1.29, 1.82) is 0 Å². The van der Waals surface area contributed by atoms with E-state index in [9.17, 15) is 19.2 Å². The first-order valence-electron chi connectivity index (χ1n) is 16.4. The molecule has 17 heteroatoms. The zero-order valence-electron chi connectivity index (χ0n) is 31.2. The zero-order valence-corrected chi connectivity index (χ0v) is 34.4. The van der Waals surface area contributed by atoms with E-state index < -0.39 is 23.1 Å². The molecule has 2 aliphatic rings. The summed E-state index contributed by atoms with van der Waals surface area (Å²) >= 11 is 5.75. The third kappa shape index (κ3) is 15.7. The van der Waals surface area contributed by atoms with Crippen molar-refractivity contribution >= 4 is 74.8 Å². The summed E-state index contributed by atoms with van der Waals surface area (Å²) in [5, 5.41) is 3.04. The highest BCUT2D eigenvalue weighted by atomic mass is 79.9. The summed E-state index contributed by atoms with van der Waals surface area (Å²) in [6.07, 6.45) is 0. The van der Waals surface area contributed by atoms with Gasteiger partial charge in [-0.3, -0.25) is 14.0 Å². The summed E-state index contributed by atoms with van der Waals surface area (Å²) in [7, 11) is 4.52. The van der Waals surface area contributed by atoms with Crippen molar-refractivity contribution < 1.29 is 47.3 Å². The van der Waals surface area contributed by atoms with Crippen LogP contribution in [-0.2, 0) is 37.7 Å². The third-order valence-electron chi connectivity index (χ3n) is 7.43. The summed E-state index contributed by atoms with van der Waals surface area (Å²) in [6.45, 7) is 15.7. The Bertz CT molecular complexity index is 1690. The van der Waals surface area contributed by atoms with Gasteiger partial charge >= 0.3 is 11.9 Å². The molecule has 4 rings (SSSR count). The number of morpholine rings is 2. The highest BCUT2D eigenvalue weighted by molar-refractivity contribution is 9.10. The lowest BCUT2D eigenvalue weighted by molar-refractivity contribution is -0.333. The normalized spacial score (nSPS) is 14.1. The molecule has 3 N–H and O–H groups in total. The molecule has 14 nitrogen and oxygen atoms in total. The average molecular weight is 841 g/mol. The van der Waals surface area contributed by atoms with Gasteiger partial charge in [-0.2, -0.15) is 0 Å². The van der Waals surface area contributed by atoms with Crippen LogP contribution in [0.3, 0.4) is 0 Å². The number of hydrogen-bond acceptors (Lipinski definition) is 13. The van der Waals surface area contributed by atoms with Crippen LogP contribution in [0.25, 0.3) is 0 Å². The van der Waals surface area contributed by atoms with Gasteiger partial charge in [0.1, 0.15) is 16.1 Å². The summed E-state index contributed by atoms with van der Waals surface area (Å²) in [5.41, 5.74) is 4.62. The number of nitrogens with zero attached hydrogens (tertiary/aromatic N) is 2. The number of ether oxygens (including phenoxy) is 5. The average Bonchev–Trinajstić information content (AvgIpc) is 3.78. The number of hydrogen-bond donors (Lipinski definition) is 2. The first kappa shape index (κ1) is 45.5. The maximum atomic E-state index is 12.3. The van der Waals surface area contributed by atoms with Crippen LogP contribution in [0.1, 0.15) is 56.8 Å². The van der Waals surface area contributed by atoms with Gasteiger partial charge in [0, 0.05) is 40.4 Å². The zero-order chi connectivity index (χ0) is 39.6. The molecule has 290 valence electrons. The summed E-state index contributed by atoms with van der Waals surface area (Å²) in [4.78, 5) is 52.3. The van der Waals surface area contributed by atoms with Gasteiger partial charge in [0.05, 0.1) is 71.3 Å². The Kier molecular flexibility index (Phi) is 19.4. The maximum Gasteiger partial charge on any atom is 0.623 e. The van der Waals surface area contributed by atoms with E-state index in [1.165, 1.54) is 29.8 Å². The number of carbonyl (C=O) groups excluding carboxylic acids is 5. The number of thiophene rings is 2. The van der Waals surface area contributed by atoms with Crippen molar-refractivity contribution in [2.24, 2.45) is 5.73 Å². The van der Waals surface area contributed by atoms with Crippen LogP contribution in [0.4, 0.5) is 5.69 Å². The predicted octanol–water partition coefficient (Wildman–Crippen LogP) is 3.18. The summed E-state index contributed by atoms with van der Waals surface area (Å²) in [5.74, 6) is 11.0. The number of nitrogens with one attached hydrogen (secondary N) is 1. The van der Waals surface area contributed by atoms with Gasteiger partial charge in [-0.15, -0.1) is 22.7 Å². The van der Waals surface area contributed by atoms with Crippen molar-refractivity contribution in [3.05, 3.63) is 36.1 Å². The molecule has 2 fully saturated rings. The maximum absolute atomic E-state index is 12.3. The number of nitrogens with two attached hydrogens (primary N) is 1. The van der Waals surface area contributed by atoms with Crippen molar-refractivity contribution in [3.8, 4) is 23.7 Å². The van der Waals surface area contributed by atoms with Crippen LogP contribution in [0, 0.1) is 23.7 Å². The molecule has 2 amide bonds. The largest absolute Gasteiger partial charge is 0.623 e. The number of carbonyl (C=O) groups is 4. The van der Waals surface area contributed by atoms with Crippen LogP contribution < -0.4 is 11.1 Å². The van der Waals surface area contributed by atoms with Crippen LogP contribution in [0.5, 0.6) is 0 Å². The van der Waals surface area contributed by atoms with E-state index in [1.54, 1.807) is 36.2 Å². The highest BCUT2D eigenvalue weighted by Crippen LogP contribution is 2.28. The van der Waals surface area contributed by atoms with Crippen molar-refractivity contribution in [3.63, 3.8) is 0 Å². The lowest BCUT2D eigenvalue weighted by atomic mass is 10.1. The molecule has 2 aliphatic heterocycles. The lowest BCUT2D eigenvalue weighted by Gasteiger charge is -2.27. The Morgan fingerprint density at radius 3 is 1.79 bits per heavy atom. The first-order valence-corrected chi connectivity index (χ1v) is 18.8. The fourth-order valence-corrected chi connectivity index (χ4v) is 6.52. The molecular weight excluding hydrogens is 792 g/mol. The van der Waals surface area contributed by atoms with Crippen LogP contribution in [-0.4, -0.2) is 139 Å². The van der Waals surface area contributed by atoms with Gasteiger partial charge in [-0.05, 0) is 55.8 Å². The topological polar surface area (TPSA) is 170 Å². The molecule has 0 aromatic carbocycles. The Labute approximate surface area is 327 Å². The summed E-state index contributed by atoms with van der Waals surface area (Å²) < 4.78 is 30.7. The number of esters is 1. The Morgan fingerprint density at radius 1 is 0.868 bits per heavy atom. The molecule has 0 unspecified atom stereocenters. The second-order valence-electron chi connectivity index (χ2n) is 12.0. The second kappa shape index (κ2) is 22.5. The molecule has 53 heavy (non-hydrogen) atoms. The molecule has 2 saturated heterocycles. The quantitative estimate of drug-likeness (QED) is 0.228. The van der Waals surface area contributed by atoms with Crippen LogP contribution in [0.15, 0.2) is 16.6 Å². The Morgan fingerprint density at radius 2 is 1.34 bits per heavy atom. The van der Waals surface area contributed by atoms with E-state index in [1.807, 2.05) is 27.7 Å².